The lowest BCUT2D eigenvalue weighted by molar-refractivity contribution is -0.193. The molecule has 0 fully saturated rings. The van der Waals surface area contributed by atoms with Gasteiger partial charge in [-0.05, 0) is 31.9 Å². The van der Waals surface area contributed by atoms with E-state index in [9.17, 15) is 9.59 Å². The van der Waals surface area contributed by atoms with Crippen LogP contribution in [-0.4, -0.2) is 23.5 Å². The molecule has 26 heavy (non-hydrogen) atoms. The number of aldehydes is 1. The molecule has 4 heteroatoms. The van der Waals surface area contributed by atoms with Gasteiger partial charge in [0.1, 0.15) is 12.9 Å². The number of esters is 1. The Labute approximate surface area is 155 Å². The molecule has 138 valence electrons. The summed E-state index contributed by atoms with van der Waals surface area (Å²) in [7, 11) is 0. The maximum absolute atomic E-state index is 13.0. The van der Waals surface area contributed by atoms with Crippen LogP contribution in [0.5, 0.6) is 0 Å². The molecule has 0 saturated carbocycles. The Morgan fingerprint density at radius 1 is 0.923 bits per heavy atom. The fourth-order valence-corrected chi connectivity index (χ4v) is 2.85. The van der Waals surface area contributed by atoms with Crippen LogP contribution in [0.1, 0.15) is 38.3 Å². The summed E-state index contributed by atoms with van der Waals surface area (Å²) < 4.78 is 11.7. The fraction of sp³-hybridized carbons (Fsp3) is 0.364. The molecule has 0 spiro atoms. The van der Waals surface area contributed by atoms with Crippen molar-refractivity contribution in [1.29, 1.82) is 0 Å². The number of ether oxygens (including phenoxy) is 2. The van der Waals surface area contributed by atoms with Crippen molar-refractivity contribution in [2.75, 3.05) is 0 Å². The van der Waals surface area contributed by atoms with E-state index in [1.165, 1.54) is 0 Å². The summed E-state index contributed by atoms with van der Waals surface area (Å²) >= 11 is 0. The summed E-state index contributed by atoms with van der Waals surface area (Å²) in [5, 5.41) is 0. The number of hydrogen-bond acceptors (Lipinski definition) is 4. The highest BCUT2D eigenvalue weighted by molar-refractivity contribution is 5.83. The van der Waals surface area contributed by atoms with Gasteiger partial charge in [0.05, 0.1) is 5.60 Å². The molecule has 1 unspecified atom stereocenters. The third-order valence-electron chi connectivity index (χ3n) is 3.83. The van der Waals surface area contributed by atoms with Gasteiger partial charge < -0.3 is 14.3 Å². The zero-order valence-corrected chi connectivity index (χ0v) is 15.6. The van der Waals surface area contributed by atoms with Crippen LogP contribution in [-0.2, 0) is 32.1 Å². The van der Waals surface area contributed by atoms with E-state index < -0.39 is 17.2 Å². The zero-order chi connectivity index (χ0) is 19.0. The van der Waals surface area contributed by atoms with E-state index in [-0.39, 0.29) is 19.4 Å². The lowest BCUT2D eigenvalue weighted by Gasteiger charge is -2.36. The molecule has 0 aromatic heterocycles. The van der Waals surface area contributed by atoms with E-state index in [0.29, 0.717) is 0 Å². The molecule has 0 heterocycles. The first kappa shape index (κ1) is 19.9. The van der Waals surface area contributed by atoms with Gasteiger partial charge in [0.2, 0.25) is 0 Å². The Balaban J connectivity index is 2.26. The van der Waals surface area contributed by atoms with Gasteiger partial charge in [-0.3, -0.25) is 0 Å². The smallest absolute Gasteiger partial charge is 0.339 e. The number of carbonyl (C=O) groups is 2. The molecule has 2 rings (SSSR count). The van der Waals surface area contributed by atoms with Gasteiger partial charge in [-0.25, -0.2) is 4.79 Å². The first-order valence-corrected chi connectivity index (χ1v) is 8.73. The molecule has 0 radical (unpaired) electrons. The number of rotatable bonds is 8. The maximum atomic E-state index is 13.0. The van der Waals surface area contributed by atoms with Crippen LogP contribution in [0.25, 0.3) is 0 Å². The molecular formula is C22H26O4. The molecule has 1 atom stereocenters. The van der Waals surface area contributed by atoms with Crippen LogP contribution in [0.4, 0.5) is 0 Å². The summed E-state index contributed by atoms with van der Waals surface area (Å²) in [5.41, 5.74) is -0.161. The molecule has 4 nitrogen and oxygen atoms in total. The topological polar surface area (TPSA) is 52.6 Å². The summed E-state index contributed by atoms with van der Waals surface area (Å²) in [6.07, 6.45) is 0.933. The highest BCUT2D eigenvalue weighted by Gasteiger charge is 2.44. The van der Waals surface area contributed by atoms with Crippen molar-refractivity contribution in [3.63, 3.8) is 0 Å². The van der Waals surface area contributed by atoms with Crippen molar-refractivity contribution in [1.82, 2.24) is 0 Å². The van der Waals surface area contributed by atoms with E-state index in [2.05, 4.69) is 0 Å². The van der Waals surface area contributed by atoms with E-state index in [4.69, 9.17) is 9.47 Å². The van der Waals surface area contributed by atoms with Crippen LogP contribution >= 0.6 is 0 Å². The van der Waals surface area contributed by atoms with Crippen LogP contribution < -0.4 is 0 Å². The van der Waals surface area contributed by atoms with Gasteiger partial charge in [0.25, 0.3) is 0 Å². The normalized spacial score (nSPS) is 13.7. The van der Waals surface area contributed by atoms with Crippen molar-refractivity contribution in [3.8, 4) is 0 Å². The highest BCUT2D eigenvalue weighted by atomic mass is 16.6. The molecule has 0 aliphatic heterocycles. The Morgan fingerprint density at radius 3 is 1.96 bits per heavy atom. The molecule has 0 aliphatic carbocycles. The van der Waals surface area contributed by atoms with E-state index >= 15 is 0 Å². The summed E-state index contributed by atoms with van der Waals surface area (Å²) in [6, 6.07) is 19.0. The minimum atomic E-state index is -1.35. The average Bonchev–Trinajstić information content (AvgIpc) is 2.60. The van der Waals surface area contributed by atoms with Crippen molar-refractivity contribution in [2.45, 2.75) is 51.4 Å². The summed E-state index contributed by atoms with van der Waals surface area (Å²) in [5.74, 6) is -0.521. The van der Waals surface area contributed by atoms with Crippen molar-refractivity contribution < 1.29 is 19.1 Å². The Kier molecular flexibility index (Phi) is 6.70. The van der Waals surface area contributed by atoms with Gasteiger partial charge in [0, 0.05) is 12.8 Å². The summed E-state index contributed by atoms with van der Waals surface area (Å²) in [4.78, 5) is 24.4. The molecule has 0 saturated heterocycles. The molecule has 0 aliphatic rings. The monoisotopic (exact) mass is 354 g/mol. The molecule has 0 N–H and O–H groups in total. The quantitative estimate of drug-likeness (QED) is 0.529. The lowest BCUT2D eigenvalue weighted by atomic mass is 9.90. The number of benzene rings is 2. The highest BCUT2D eigenvalue weighted by Crippen LogP contribution is 2.29. The van der Waals surface area contributed by atoms with Crippen molar-refractivity contribution >= 4 is 12.3 Å². The summed E-state index contributed by atoms with van der Waals surface area (Å²) in [6.45, 7) is 5.73. The van der Waals surface area contributed by atoms with Gasteiger partial charge in [0.15, 0.2) is 5.60 Å². The van der Waals surface area contributed by atoms with Gasteiger partial charge in [-0.1, -0.05) is 60.7 Å². The Hall–Kier alpha value is -2.46. The van der Waals surface area contributed by atoms with Crippen LogP contribution in [0, 0.1) is 0 Å². The predicted octanol–water partition coefficient (Wildman–Crippen LogP) is 4.12. The average molecular weight is 354 g/mol. The number of hydrogen-bond donors (Lipinski definition) is 0. The third-order valence-corrected chi connectivity index (χ3v) is 3.83. The second kappa shape index (κ2) is 8.77. The van der Waals surface area contributed by atoms with Crippen LogP contribution in [0.15, 0.2) is 60.7 Å². The third kappa shape index (κ3) is 5.81. The minimum Gasteiger partial charge on any atom is -0.459 e. The second-order valence-corrected chi connectivity index (χ2v) is 7.30. The standard InChI is InChI=1S/C22H26O4/c1-21(2,3)26-22(14-15-23,16-18-10-6-4-7-11-18)20(24)25-17-19-12-8-5-9-13-19/h4-13,15H,14,16-17H2,1-3H3. The zero-order valence-electron chi connectivity index (χ0n) is 15.6. The first-order valence-electron chi connectivity index (χ1n) is 8.73. The molecular weight excluding hydrogens is 328 g/mol. The van der Waals surface area contributed by atoms with Gasteiger partial charge in [-0.15, -0.1) is 0 Å². The van der Waals surface area contributed by atoms with E-state index in [1.54, 1.807) is 0 Å². The number of carbonyl (C=O) groups excluding carboxylic acids is 2. The fourth-order valence-electron chi connectivity index (χ4n) is 2.85. The largest absolute Gasteiger partial charge is 0.459 e. The van der Waals surface area contributed by atoms with E-state index in [0.717, 1.165) is 17.4 Å². The van der Waals surface area contributed by atoms with Crippen molar-refractivity contribution in [3.05, 3.63) is 71.8 Å². The van der Waals surface area contributed by atoms with Gasteiger partial charge in [-0.2, -0.15) is 0 Å². The van der Waals surface area contributed by atoms with Crippen molar-refractivity contribution in [2.24, 2.45) is 0 Å². The molecule has 2 aromatic carbocycles. The predicted molar refractivity (Wildman–Crippen MR) is 101 cm³/mol. The SMILES string of the molecule is CC(C)(C)OC(CC=O)(Cc1ccccc1)C(=O)OCc1ccccc1. The molecule has 0 bridgehead atoms. The minimum absolute atomic E-state index is 0.0627. The molecule has 0 amide bonds. The Bertz CT molecular complexity index is 704. The molecule has 2 aromatic rings. The Morgan fingerprint density at radius 2 is 1.46 bits per heavy atom. The first-order chi connectivity index (χ1) is 12.3. The van der Waals surface area contributed by atoms with Gasteiger partial charge >= 0.3 is 5.97 Å². The lowest BCUT2D eigenvalue weighted by Crippen LogP contribution is -2.49. The van der Waals surface area contributed by atoms with Crippen LogP contribution in [0.3, 0.4) is 0 Å². The van der Waals surface area contributed by atoms with Crippen LogP contribution in [0.2, 0.25) is 0 Å². The van der Waals surface area contributed by atoms with E-state index in [1.807, 2.05) is 81.4 Å². The maximum Gasteiger partial charge on any atom is 0.339 e. The second-order valence-electron chi connectivity index (χ2n) is 7.30.